The molecular formula is C30H29N3O4. The van der Waals surface area contributed by atoms with Gasteiger partial charge < -0.3 is 19.4 Å². The van der Waals surface area contributed by atoms with Crippen molar-refractivity contribution in [2.75, 3.05) is 11.9 Å². The van der Waals surface area contributed by atoms with Gasteiger partial charge in [0.1, 0.15) is 12.0 Å². The van der Waals surface area contributed by atoms with Crippen LogP contribution in [-0.2, 0) is 17.8 Å². The average Bonchev–Trinajstić information content (AvgIpc) is 3.41. The molecule has 4 aromatic rings. The van der Waals surface area contributed by atoms with Crippen LogP contribution in [0.1, 0.15) is 58.0 Å². The minimum atomic E-state index is -0.350. The number of ether oxygens (including phenoxy) is 1. The number of carbonyl (C=O) groups excluding carboxylic acids is 2. The molecule has 2 amide bonds. The molecule has 0 aliphatic carbocycles. The Kier molecular flexibility index (Phi) is 7.03. The van der Waals surface area contributed by atoms with E-state index >= 15 is 0 Å². The highest BCUT2D eigenvalue weighted by Crippen LogP contribution is 2.37. The molecule has 3 aromatic carbocycles. The van der Waals surface area contributed by atoms with Gasteiger partial charge in [0.25, 0.3) is 5.91 Å². The Hall–Kier alpha value is -4.39. The monoisotopic (exact) mass is 495 g/mol. The number of hydrogen-bond acceptors (Lipinski definition) is 5. The topological polar surface area (TPSA) is 84.7 Å². The molecule has 0 fully saturated rings. The van der Waals surface area contributed by atoms with Gasteiger partial charge in [-0.1, -0.05) is 61.0 Å². The number of nitrogens with zero attached hydrogens (tertiary/aromatic N) is 2. The summed E-state index contributed by atoms with van der Waals surface area (Å²) in [5.41, 5.74) is 5.38. The number of aromatic nitrogens is 1. The molecule has 188 valence electrons. The van der Waals surface area contributed by atoms with Crippen molar-refractivity contribution in [3.63, 3.8) is 0 Å². The highest BCUT2D eigenvalue weighted by atomic mass is 16.5. The molecule has 0 saturated heterocycles. The third kappa shape index (κ3) is 5.40. The molecule has 1 N–H and O–H groups in total. The zero-order valence-corrected chi connectivity index (χ0v) is 20.9. The van der Waals surface area contributed by atoms with Crippen LogP contribution in [0.4, 0.5) is 5.69 Å². The molecule has 0 spiro atoms. The van der Waals surface area contributed by atoms with Gasteiger partial charge in [-0.05, 0) is 54.3 Å². The molecule has 7 nitrogen and oxygen atoms in total. The maximum Gasteiger partial charge on any atom is 0.277 e. The first-order valence-electron chi connectivity index (χ1n) is 12.4. The summed E-state index contributed by atoms with van der Waals surface area (Å²) in [4.78, 5) is 31.5. The van der Waals surface area contributed by atoms with Crippen LogP contribution in [0.25, 0.3) is 0 Å². The van der Waals surface area contributed by atoms with Crippen molar-refractivity contribution in [1.29, 1.82) is 0 Å². The molecule has 1 atom stereocenters. The number of para-hydroxylation sites is 1. The lowest BCUT2D eigenvalue weighted by Crippen LogP contribution is -2.40. The van der Waals surface area contributed by atoms with E-state index in [0.717, 1.165) is 17.5 Å². The number of fused-ring (bicyclic) bond motifs is 1. The van der Waals surface area contributed by atoms with Gasteiger partial charge in [0.2, 0.25) is 11.8 Å². The Morgan fingerprint density at radius 3 is 2.62 bits per heavy atom. The van der Waals surface area contributed by atoms with Gasteiger partial charge in [-0.2, -0.15) is 0 Å². The van der Waals surface area contributed by atoms with E-state index in [1.54, 1.807) is 12.1 Å². The summed E-state index contributed by atoms with van der Waals surface area (Å²) in [7, 11) is 0. The highest BCUT2D eigenvalue weighted by Gasteiger charge is 2.31. The summed E-state index contributed by atoms with van der Waals surface area (Å²) in [5.74, 6) is 0.726. The molecule has 0 bridgehead atoms. The summed E-state index contributed by atoms with van der Waals surface area (Å²) >= 11 is 0. The maximum atomic E-state index is 12.8. The van der Waals surface area contributed by atoms with E-state index in [4.69, 9.17) is 9.15 Å². The second-order valence-electron chi connectivity index (χ2n) is 9.10. The number of benzene rings is 3. The molecule has 0 radical (unpaired) electrons. The normalized spacial score (nSPS) is 14.6. The van der Waals surface area contributed by atoms with Gasteiger partial charge in [-0.25, -0.2) is 4.98 Å². The third-order valence-corrected chi connectivity index (χ3v) is 6.54. The van der Waals surface area contributed by atoms with E-state index in [0.29, 0.717) is 30.3 Å². The van der Waals surface area contributed by atoms with Crippen LogP contribution >= 0.6 is 0 Å². The molecule has 1 aromatic heterocycles. The Morgan fingerprint density at radius 2 is 1.86 bits per heavy atom. The van der Waals surface area contributed by atoms with Crippen molar-refractivity contribution in [3.05, 3.63) is 113 Å². The molecule has 5 rings (SSSR count). The van der Waals surface area contributed by atoms with E-state index in [9.17, 15) is 9.59 Å². The molecule has 7 heteroatoms. The van der Waals surface area contributed by atoms with Crippen LogP contribution in [-0.4, -0.2) is 28.2 Å². The van der Waals surface area contributed by atoms with Gasteiger partial charge in [0.05, 0.1) is 6.04 Å². The molecule has 37 heavy (non-hydrogen) atoms. The van der Waals surface area contributed by atoms with Crippen molar-refractivity contribution < 1.29 is 18.7 Å². The molecule has 1 unspecified atom stereocenters. The highest BCUT2D eigenvalue weighted by molar-refractivity contribution is 6.02. The first kappa shape index (κ1) is 24.3. The Labute approximate surface area is 216 Å². The summed E-state index contributed by atoms with van der Waals surface area (Å²) in [6, 6.07) is 23.3. The fourth-order valence-corrected chi connectivity index (χ4v) is 4.61. The first-order valence-corrected chi connectivity index (χ1v) is 12.4. The van der Waals surface area contributed by atoms with Gasteiger partial charge in [-0.3, -0.25) is 9.59 Å². The second kappa shape index (κ2) is 10.7. The number of amides is 2. The summed E-state index contributed by atoms with van der Waals surface area (Å²) in [6.45, 7) is 4.71. The van der Waals surface area contributed by atoms with Gasteiger partial charge in [0, 0.05) is 18.7 Å². The van der Waals surface area contributed by atoms with Crippen LogP contribution in [0.3, 0.4) is 0 Å². The minimum Gasteiger partial charge on any atom is -0.484 e. The van der Waals surface area contributed by atoms with Crippen molar-refractivity contribution in [2.24, 2.45) is 0 Å². The largest absolute Gasteiger partial charge is 0.484 e. The van der Waals surface area contributed by atoms with Crippen LogP contribution < -0.4 is 10.1 Å². The molecule has 0 saturated carbocycles. The van der Waals surface area contributed by atoms with E-state index < -0.39 is 0 Å². The Morgan fingerprint density at radius 1 is 1.08 bits per heavy atom. The number of oxazole rings is 1. The summed E-state index contributed by atoms with van der Waals surface area (Å²) < 4.78 is 11.5. The molecule has 1 aliphatic heterocycles. The SMILES string of the molecule is CCC(=O)N1CCc2ccc(OCc3nc(C(=O)Nc4ccccc4)co3)cc2C1c1ccc(C)cc1. The van der Waals surface area contributed by atoms with Crippen molar-refractivity contribution in [1.82, 2.24) is 9.88 Å². The van der Waals surface area contributed by atoms with Crippen LogP contribution in [0.15, 0.2) is 83.5 Å². The van der Waals surface area contributed by atoms with Gasteiger partial charge in [0.15, 0.2) is 12.3 Å². The van der Waals surface area contributed by atoms with Gasteiger partial charge >= 0.3 is 0 Å². The van der Waals surface area contributed by atoms with E-state index in [2.05, 4.69) is 47.6 Å². The number of rotatable bonds is 7. The number of anilines is 1. The van der Waals surface area contributed by atoms with Crippen LogP contribution in [0, 0.1) is 6.92 Å². The first-order chi connectivity index (χ1) is 18.0. The minimum absolute atomic E-state index is 0.0736. The van der Waals surface area contributed by atoms with Crippen molar-refractivity contribution in [2.45, 2.75) is 39.3 Å². The number of nitrogens with one attached hydrogen (secondary N) is 1. The smallest absolute Gasteiger partial charge is 0.277 e. The van der Waals surface area contributed by atoms with Gasteiger partial charge in [-0.15, -0.1) is 0 Å². The quantitative estimate of drug-likeness (QED) is 0.356. The number of aryl methyl sites for hydroxylation is 1. The Balaban J connectivity index is 1.33. The van der Waals surface area contributed by atoms with Crippen LogP contribution in [0.5, 0.6) is 5.75 Å². The number of hydrogen-bond donors (Lipinski definition) is 1. The average molecular weight is 496 g/mol. The fraction of sp³-hybridized carbons (Fsp3) is 0.233. The zero-order valence-electron chi connectivity index (χ0n) is 20.9. The molecule has 1 aliphatic rings. The lowest BCUT2D eigenvalue weighted by molar-refractivity contribution is -0.132. The fourth-order valence-electron chi connectivity index (χ4n) is 4.61. The number of carbonyl (C=O) groups is 2. The summed E-state index contributed by atoms with van der Waals surface area (Å²) in [6.07, 6.45) is 2.58. The van der Waals surface area contributed by atoms with Crippen LogP contribution in [0.2, 0.25) is 0 Å². The predicted octanol–water partition coefficient (Wildman–Crippen LogP) is 5.70. The van der Waals surface area contributed by atoms with E-state index in [1.165, 1.54) is 17.4 Å². The predicted molar refractivity (Wildman–Crippen MR) is 140 cm³/mol. The zero-order chi connectivity index (χ0) is 25.8. The lowest BCUT2D eigenvalue weighted by Gasteiger charge is -2.38. The Bertz CT molecular complexity index is 1400. The third-order valence-electron chi connectivity index (χ3n) is 6.54. The second-order valence-corrected chi connectivity index (χ2v) is 9.10. The molecule has 2 heterocycles. The maximum absolute atomic E-state index is 12.8. The van der Waals surface area contributed by atoms with E-state index in [-0.39, 0.29) is 30.2 Å². The van der Waals surface area contributed by atoms with E-state index in [1.807, 2.05) is 42.2 Å². The lowest BCUT2D eigenvalue weighted by atomic mass is 9.87. The molecular weight excluding hydrogens is 466 g/mol. The van der Waals surface area contributed by atoms with Crippen molar-refractivity contribution in [3.8, 4) is 5.75 Å². The summed E-state index contributed by atoms with van der Waals surface area (Å²) in [5, 5.41) is 2.79. The van der Waals surface area contributed by atoms with Crippen molar-refractivity contribution >= 4 is 17.5 Å². The standard InChI is InChI=1S/C30H29N3O4/c1-3-28(34)33-16-15-21-13-14-24(17-25(21)29(33)22-11-9-20(2)10-12-22)36-19-27-32-26(18-37-27)30(35)31-23-7-5-4-6-8-23/h4-14,17-18,29H,3,15-16,19H2,1-2H3,(H,31,35).